The van der Waals surface area contributed by atoms with Crippen molar-refractivity contribution in [1.82, 2.24) is 10.2 Å². The van der Waals surface area contributed by atoms with E-state index in [4.69, 9.17) is 4.74 Å². The van der Waals surface area contributed by atoms with Gasteiger partial charge in [-0.1, -0.05) is 32.9 Å². The van der Waals surface area contributed by atoms with Gasteiger partial charge in [-0.25, -0.2) is 0 Å². The van der Waals surface area contributed by atoms with Gasteiger partial charge >= 0.3 is 0 Å². The topological polar surface area (TPSA) is 58.6 Å². The van der Waals surface area contributed by atoms with Gasteiger partial charge in [0.1, 0.15) is 11.8 Å². The monoisotopic (exact) mass is 290 g/mol. The number of hydrogen-bond acceptors (Lipinski definition) is 3. The molecule has 1 fully saturated rings. The minimum absolute atomic E-state index is 0.0506. The van der Waals surface area contributed by atoms with Crippen LogP contribution in [0, 0.1) is 5.41 Å². The Kier molecular flexibility index (Phi) is 4.21. The first-order chi connectivity index (χ1) is 9.82. The first-order valence-electron chi connectivity index (χ1n) is 7.03. The molecule has 1 atom stereocenters. The Morgan fingerprint density at radius 2 is 1.86 bits per heavy atom. The van der Waals surface area contributed by atoms with Crippen LogP contribution in [0.1, 0.15) is 26.3 Å². The van der Waals surface area contributed by atoms with Crippen molar-refractivity contribution in [2.24, 2.45) is 5.41 Å². The van der Waals surface area contributed by atoms with E-state index in [0.29, 0.717) is 6.54 Å². The van der Waals surface area contributed by atoms with Gasteiger partial charge in [0.2, 0.25) is 11.8 Å². The molecule has 1 aliphatic heterocycles. The number of nitrogens with zero attached hydrogens (tertiary/aromatic N) is 1. The van der Waals surface area contributed by atoms with E-state index in [1.807, 2.05) is 45.0 Å². The highest BCUT2D eigenvalue weighted by Gasteiger charge is 2.41. The van der Waals surface area contributed by atoms with Crippen molar-refractivity contribution < 1.29 is 14.3 Å². The van der Waals surface area contributed by atoms with E-state index in [9.17, 15) is 9.59 Å². The van der Waals surface area contributed by atoms with Gasteiger partial charge in [-0.15, -0.1) is 0 Å². The lowest BCUT2D eigenvalue weighted by Crippen LogP contribution is -2.62. The standard InChI is InChI=1S/C16H22N2O3/c1-16(2,3)14-15(20)17-9-13(19)18(14)10-11-5-7-12(21-4)8-6-11/h5-8,14H,9-10H2,1-4H3,(H,17,20). The van der Waals surface area contributed by atoms with Crippen LogP contribution in [0.15, 0.2) is 24.3 Å². The second-order valence-electron chi connectivity index (χ2n) is 6.36. The third kappa shape index (κ3) is 3.35. The molecule has 0 bridgehead atoms. The van der Waals surface area contributed by atoms with Crippen LogP contribution in [-0.2, 0) is 16.1 Å². The molecule has 0 saturated carbocycles. The molecule has 0 aromatic heterocycles. The molecule has 1 saturated heterocycles. The van der Waals surface area contributed by atoms with Crippen LogP contribution in [0.2, 0.25) is 0 Å². The molecular formula is C16H22N2O3. The molecule has 0 spiro atoms. The molecule has 21 heavy (non-hydrogen) atoms. The quantitative estimate of drug-likeness (QED) is 0.919. The Hall–Kier alpha value is -2.04. The zero-order chi connectivity index (χ0) is 15.6. The minimum atomic E-state index is -0.458. The van der Waals surface area contributed by atoms with Crippen LogP contribution < -0.4 is 10.1 Å². The van der Waals surface area contributed by atoms with Crippen LogP contribution in [0.4, 0.5) is 0 Å². The fraction of sp³-hybridized carbons (Fsp3) is 0.500. The highest BCUT2D eigenvalue weighted by atomic mass is 16.5. The highest BCUT2D eigenvalue weighted by Crippen LogP contribution is 2.28. The third-order valence-electron chi connectivity index (χ3n) is 3.63. The summed E-state index contributed by atoms with van der Waals surface area (Å²) in [6, 6.07) is 7.09. The number of rotatable bonds is 3. The van der Waals surface area contributed by atoms with Crippen molar-refractivity contribution in [3.63, 3.8) is 0 Å². The maximum absolute atomic E-state index is 12.2. The number of ether oxygens (including phenoxy) is 1. The lowest BCUT2D eigenvalue weighted by molar-refractivity contribution is -0.150. The summed E-state index contributed by atoms with van der Waals surface area (Å²) in [6.45, 7) is 6.41. The predicted octanol–water partition coefficient (Wildman–Crippen LogP) is 1.57. The van der Waals surface area contributed by atoms with E-state index in [0.717, 1.165) is 11.3 Å². The van der Waals surface area contributed by atoms with Gasteiger partial charge in [-0.2, -0.15) is 0 Å². The summed E-state index contributed by atoms with van der Waals surface area (Å²) in [7, 11) is 1.61. The molecule has 2 rings (SSSR count). The van der Waals surface area contributed by atoms with E-state index in [2.05, 4.69) is 5.32 Å². The van der Waals surface area contributed by atoms with E-state index < -0.39 is 6.04 Å². The summed E-state index contributed by atoms with van der Waals surface area (Å²) >= 11 is 0. The summed E-state index contributed by atoms with van der Waals surface area (Å²) in [5, 5.41) is 2.67. The Labute approximate surface area is 125 Å². The van der Waals surface area contributed by atoms with Gasteiger partial charge in [-0.05, 0) is 23.1 Å². The summed E-state index contributed by atoms with van der Waals surface area (Å²) in [4.78, 5) is 26.0. The van der Waals surface area contributed by atoms with Crippen molar-refractivity contribution in [3.8, 4) is 5.75 Å². The molecule has 1 aliphatic rings. The van der Waals surface area contributed by atoms with Crippen LogP contribution in [0.3, 0.4) is 0 Å². The molecule has 1 N–H and O–H groups in total. The fourth-order valence-electron chi connectivity index (χ4n) is 2.61. The Bertz CT molecular complexity index is 531. The van der Waals surface area contributed by atoms with Crippen LogP contribution in [-0.4, -0.2) is 36.4 Å². The summed E-state index contributed by atoms with van der Waals surface area (Å²) < 4.78 is 5.13. The van der Waals surface area contributed by atoms with Gasteiger partial charge in [0.25, 0.3) is 0 Å². The lowest BCUT2D eigenvalue weighted by Gasteiger charge is -2.42. The molecule has 0 radical (unpaired) electrons. The average Bonchev–Trinajstić information content (AvgIpc) is 2.42. The number of methoxy groups -OCH3 is 1. The van der Waals surface area contributed by atoms with Gasteiger partial charge < -0.3 is 15.0 Å². The summed E-state index contributed by atoms with van der Waals surface area (Å²) in [5.74, 6) is 0.634. The van der Waals surface area contributed by atoms with Gasteiger partial charge in [0, 0.05) is 6.54 Å². The van der Waals surface area contributed by atoms with Crippen LogP contribution in [0.25, 0.3) is 0 Å². The van der Waals surface area contributed by atoms with E-state index in [1.54, 1.807) is 12.0 Å². The Morgan fingerprint density at radius 3 is 2.38 bits per heavy atom. The molecule has 1 aromatic rings. The van der Waals surface area contributed by atoms with Gasteiger partial charge in [0.15, 0.2) is 0 Å². The second-order valence-corrected chi connectivity index (χ2v) is 6.36. The maximum Gasteiger partial charge on any atom is 0.243 e. The second kappa shape index (κ2) is 5.76. The highest BCUT2D eigenvalue weighted by molar-refractivity contribution is 5.95. The molecule has 1 aromatic carbocycles. The normalized spacial score (nSPS) is 19.4. The average molecular weight is 290 g/mol. The molecule has 5 heteroatoms. The van der Waals surface area contributed by atoms with E-state index in [-0.39, 0.29) is 23.8 Å². The van der Waals surface area contributed by atoms with Crippen LogP contribution >= 0.6 is 0 Å². The smallest absolute Gasteiger partial charge is 0.243 e. The largest absolute Gasteiger partial charge is 0.497 e. The summed E-state index contributed by atoms with van der Waals surface area (Å²) in [6.07, 6.45) is 0. The maximum atomic E-state index is 12.2. The zero-order valence-electron chi connectivity index (χ0n) is 13.0. The van der Waals surface area contributed by atoms with Crippen molar-refractivity contribution in [2.45, 2.75) is 33.4 Å². The number of amides is 2. The first kappa shape index (κ1) is 15.4. The number of carbonyl (C=O) groups excluding carboxylic acids is 2. The lowest BCUT2D eigenvalue weighted by atomic mass is 9.83. The van der Waals surface area contributed by atoms with Gasteiger partial charge in [0.05, 0.1) is 13.7 Å². The Morgan fingerprint density at radius 1 is 1.24 bits per heavy atom. The Balaban J connectivity index is 2.24. The third-order valence-corrected chi connectivity index (χ3v) is 3.63. The first-order valence-corrected chi connectivity index (χ1v) is 7.03. The number of hydrogen-bond donors (Lipinski definition) is 1. The van der Waals surface area contributed by atoms with E-state index in [1.165, 1.54) is 0 Å². The van der Waals surface area contributed by atoms with Crippen LogP contribution in [0.5, 0.6) is 5.75 Å². The van der Waals surface area contributed by atoms with Crippen molar-refractivity contribution in [3.05, 3.63) is 29.8 Å². The van der Waals surface area contributed by atoms with E-state index >= 15 is 0 Å². The molecular weight excluding hydrogens is 268 g/mol. The number of carbonyl (C=O) groups is 2. The summed E-state index contributed by atoms with van der Waals surface area (Å²) in [5.41, 5.74) is 0.667. The molecule has 1 unspecified atom stereocenters. The molecule has 114 valence electrons. The number of piperazine rings is 1. The minimum Gasteiger partial charge on any atom is -0.497 e. The van der Waals surface area contributed by atoms with Crippen molar-refractivity contribution >= 4 is 11.8 Å². The molecule has 0 aliphatic carbocycles. The van der Waals surface area contributed by atoms with Crippen molar-refractivity contribution in [1.29, 1.82) is 0 Å². The molecule has 5 nitrogen and oxygen atoms in total. The fourth-order valence-corrected chi connectivity index (χ4v) is 2.61. The number of nitrogens with one attached hydrogen (secondary N) is 1. The zero-order valence-corrected chi connectivity index (χ0v) is 13.0. The number of benzene rings is 1. The van der Waals surface area contributed by atoms with Crippen molar-refractivity contribution in [2.75, 3.05) is 13.7 Å². The molecule has 2 amide bonds. The predicted molar refractivity (Wildman–Crippen MR) is 79.8 cm³/mol. The molecule has 1 heterocycles. The van der Waals surface area contributed by atoms with Gasteiger partial charge in [-0.3, -0.25) is 9.59 Å². The SMILES string of the molecule is COc1ccc(CN2C(=O)CNC(=O)C2C(C)(C)C)cc1.